The molecule has 2 aliphatic rings. The summed E-state index contributed by atoms with van der Waals surface area (Å²) in [6, 6.07) is 0. The smallest absolute Gasteiger partial charge is 0.324 e. The van der Waals surface area contributed by atoms with Crippen molar-refractivity contribution in [3.05, 3.63) is 0 Å². The van der Waals surface area contributed by atoms with Crippen LogP contribution in [0.2, 0.25) is 0 Å². The summed E-state index contributed by atoms with van der Waals surface area (Å²) in [5, 5.41) is 12.6. The zero-order chi connectivity index (χ0) is 10.0. The lowest BCUT2D eigenvalue weighted by Gasteiger charge is -2.46. The maximum atomic E-state index is 11.3. The van der Waals surface area contributed by atoms with Crippen LogP contribution >= 0.6 is 0 Å². The highest BCUT2D eigenvalue weighted by atomic mass is 16.4. The Morgan fingerprint density at radius 2 is 2.00 bits per heavy atom. The van der Waals surface area contributed by atoms with Crippen LogP contribution in [0.25, 0.3) is 0 Å². The molecule has 2 fully saturated rings. The van der Waals surface area contributed by atoms with Crippen LogP contribution in [0.1, 0.15) is 25.7 Å². The monoisotopic (exact) mass is 198 g/mol. The van der Waals surface area contributed by atoms with Gasteiger partial charge in [-0.05, 0) is 32.2 Å². The summed E-state index contributed by atoms with van der Waals surface area (Å²) in [5.41, 5.74) is -0.508. The van der Waals surface area contributed by atoms with Crippen LogP contribution in [-0.4, -0.2) is 47.7 Å². The molecule has 0 amide bonds. The predicted octanol–water partition coefficient (Wildman–Crippen LogP) is 0.289. The van der Waals surface area contributed by atoms with Gasteiger partial charge in [0.1, 0.15) is 5.54 Å². The van der Waals surface area contributed by atoms with Crippen molar-refractivity contribution in [3.63, 3.8) is 0 Å². The third kappa shape index (κ3) is 1.53. The molecule has 1 aliphatic carbocycles. The van der Waals surface area contributed by atoms with Crippen LogP contribution in [0.3, 0.4) is 0 Å². The Kier molecular flexibility index (Phi) is 2.74. The fourth-order valence-electron chi connectivity index (χ4n) is 2.45. The van der Waals surface area contributed by atoms with Crippen molar-refractivity contribution in [1.29, 1.82) is 0 Å². The number of hydrogen-bond donors (Lipinski definition) is 2. The van der Waals surface area contributed by atoms with Crippen molar-refractivity contribution in [3.8, 4) is 0 Å². The fourth-order valence-corrected chi connectivity index (χ4v) is 2.45. The van der Waals surface area contributed by atoms with Crippen molar-refractivity contribution in [2.45, 2.75) is 31.2 Å². The Labute approximate surface area is 84.3 Å². The number of nitrogens with zero attached hydrogens (tertiary/aromatic N) is 1. The number of hydrogen-bond acceptors (Lipinski definition) is 3. The van der Waals surface area contributed by atoms with Gasteiger partial charge in [-0.15, -0.1) is 0 Å². The maximum absolute atomic E-state index is 11.3. The summed E-state index contributed by atoms with van der Waals surface area (Å²) in [5.74, 6) is -0.620. The summed E-state index contributed by atoms with van der Waals surface area (Å²) in [4.78, 5) is 13.4. The highest BCUT2D eigenvalue weighted by Crippen LogP contribution is 2.38. The molecule has 1 saturated carbocycles. The van der Waals surface area contributed by atoms with Crippen LogP contribution in [0.15, 0.2) is 0 Å². The Bertz CT molecular complexity index is 218. The highest BCUT2D eigenvalue weighted by Gasteiger charge is 2.48. The van der Waals surface area contributed by atoms with E-state index in [9.17, 15) is 9.90 Å². The summed E-state index contributed by atoms with van der Waals surface area (Å²) in [7, 11) is 0. The molecule has 0 radical (unpaired) electrons. The van der Waals surface area contributed by atoms with Crippen LogP contribution in [-0.2, 0) is 4.79 Å². The van der Waals surface area contributed by atoms with Gasteiger partial charge in [0.05, 0.1) is 0 Å². The molecule has 2 rings (SSSR count). The Balaban J connectivity index is 2.06. The van der Waals surface area contributed by atoms with E-state index < -0.39 is 11.5 Å². The molecule has 14 heavy (non-hydrogen) atoms. The van der Waals surface area contributed by atoms with E-state index in [1.54, 1.807) is 0 Å². The fraction of sp³-hybridized carbons (Fsp3) is 0.900. The van der Waals surface area contributed by atoms with Crippen molar-refractivity contribution in [2.75, 3.05) is 26.2 Å². The van der Waals surface area contributed by atoms with Crippen molar-refractivity contribution < 1.29 is 9.90 Å². The summed E-state index contributed by atoms with van der Waals surface area (Å²) in [6.45, 7) is 3.76. The van der Waals surface area contributed by atoms with Gasteiger partial charge in [-0.2, -0.15) is 0 Å². The van der Waals surface area contributed by atoms with E-state index in [2.05, 4.69) is 10.2 Å². The lowest BCUT2D eigenvalue weighted by atomic mass is 9.75. The molecule has 0 atom stereocenters. The zero-order valence-electron chi connectivity index (χ0n) is 8.46. The number of nitrogens with one attached hydrogen (secondary N) is 1. The third-order valence-electron chi connectivity index (χ3n) is 3.52. The number of carboxylic acids is 1. The second kappa shape index (κ2) is 3.87. The second-order valence-corrected chi connectivity index (χ2v) is 4.28. The average molecular weight is 198 g/mol. The molecule has 0 bridgehead atoms. The largest absolute Gasteiger partial charge is 0.480 e. The lowest BCUT2D eigenvalue weighted by molar-refractivity contribution is -0.158. The first kappa shape index (κ1) is 9.93. The predicted molar refractivity (Wildman–Crippen MR) is 53.3 cm³/mol. The van der Waals surface area contributed by atoms with E-state index in [4.69, 9.17) is 0 Å². The van der Waals surface area contributed by atoms with Crippen molar-refractivity contribution in [1.82, 2.24) is 10.2 Å². The van der Waals surface area contributed by atoms with Gasteiger partial charge in [0, 0.05) is 19.6 Å². The van der Waals surface area contributed by atoms with E-state index in [0.717, 1.165) is 51.9 Å². The maximum Gasteiger partial charge on any atom is 0.324 e. The summed E-state index contributed by atoms with van der Waals surface area (Å²) >= 11 is 0. The summed E-state index contributed by atoms with van der Waals surface area (Å²) in [6.07, 6.45) is 3.80. The topological polar surface area (TPSA) is 52.6 Å². The average Bonchev–Trinajstić information content (AvgIpc) is 2.30. The summed E-state index contributed by atoms with van der Waals surface area (Å²) < 4.78 is 0. The van der Waals surface area contributed by atoms with Gasteiger partial charge in [0.2, 0.25) is 0 Å². The van der Waals surface area contributed by atoms with Crippen LogP contribution in [0.4, 0.5) is 0 Å². The Morgan fingerprint density at radius 1 is 1.21 bits per heavy atom. The Morgan fingerprint density at radius 3 is 2.57 bits per heavy atom. The van der Waals surface area contributed by atoms with Gasteiger partial charge in [-0.1, -0.05) is 0 Å². The molecule has 2 N–H and O–H groups in total. The van der Waals surface area contributed by atoms with Crippen molar-refractivity contribution in [2.24, 2.45) is 0 Å². The van der Waals surface area contributed by atoms with Gasteiger partial charge in [0.15, 0.2) is 0 Å². The minimum atomic E-state index is -0.620. The second-order valence-electron chi connectivity index (χ2n) is 4.28. The minimum Gasteiger partial charge on any atom is -0.480 e. The molecular weight excluding hydrogens is 180 g/mol. The molecule has 80 valence electrons. The standard InChI is InChI=1S/C10H18N2O2/c13-9(14)10(3-1-4-10)12-7-2-5-11-6-8-12/h11H,1-8H2,(H,13,14). The van der Waals surface area contributed by atoms with Crippen LogP contribution in [0, 0.1) is 0 Å². The first-order valence-corrected chi connectivity index (χ1v) is 5.45. The molecule has 0 aromatic heterocycles. The van der Waals surface area contributed by atoms with E-state index in [1.807, 2.05) is 0 Å². The normalized spacial score (nSPS) is 27.7. The highest BCUT2D eigenvalue weighted by molar-refractivity contribution is 5.80. The van der Waals surface area contributed by atoms with E-state index in [-0.39, 0.29) is 0 Å². The van der Waals surface area contributed by atoms with Gasteiger partial charge in [0.25, 0.3) is 0 Å². The van der Waals surface area contributed by atoms with Crippen LogP contribution in [0.5, 0.6) is 0 Å². The Hall–Kier alpha value is -0.610. The minimum absolute atomic E-state index is 0.508. The van der Waals surface area contributed by atoms with Gasteiger partial charge >= 0.3 is 5.97 Å². The third-order valence-corrected chi connectivity index (χ3v) is 3.52. The molecule has 4 heteroatoms. The molecular formula is C10H18N2O2. The molecule has 0 aromatic carbocycles. The van der Waals surface area contributed by atoms with Gasteiger partial charge in [-0.25, -0.2) is 0 Å². The molecule has 4 nitrogen and oxygen atoms in total. The first-order valence-electron chi connectivity index (χ1n) is 5.45. The number of aliphatic carboxylic acids is 1. The molecule has 1 heterocycles. The number of carboxylic acid groups (broad SMARTS) is 1. The van der Waals surface area contributed by atoms with Gasteiger partial charge in [-0.3, -0.25) is 9.69 Å². The van der Waals surface area contributed by atoms with Gasteiger partial charge < -0.3 is 10.4 Å². The van der Waals surface area contributed by atoms with E-state index in [1.165, 1.54) is 0 Å². The number of rotatable bonds is 2. The SMILES string of the molecule is O=C(O)C1(N2CCCNCC2)CCC1. The molecule has 0 spiro atoms. The van der Waals surface area contributed by atoms with Crippen LogP contribution < -0.4 is 5.32 Å². The van der Waals surface area contributed by atoms with E-state index in [0.29, 0.717) is 0 Å². The van der Waals surface area contributed by atoms with E-state index >= 15 is 0 Å². The molecule has 0 aromatic rings. The zero-order valence-corrected chi connectivity index (χ0v) is 8.46. The first-order chi connectivity index (χ1) is 6.76. The lowest BCUT2D eigenvalue weighted by Crippen LogP contribution is -2.60. The molecule has 1 saturated heterocycles. The van der Waals surface area contributed by atoms with Crippen molar-refractivity contribution >= 4 is 5.97 Å². The number of carbonyl (C=O) groups is 1. The molecule has 1 aliphatic heterocycles. The molecule has 0 unspecified atom stereocenters. The quantitative estimate of drug-likeness (QED) is 0.669.